The molecule has 1 fully saturated rings. The van der Waals surface area contributed by atoms with Crippen LogP contribution in [0, 0.1) is 0 Å². The van der Waals surface area contributed by atoms with E-state index in [0.29, 0.717) is 23.8 Å². The minimum absolute atomic E-state index is 0.113. The molecule has 4 heteroatoms. The van der Waals surface area contributed by atoms with Gasteiger partial charge in [-0.1, -0.05) is 23.7 Å². The van der Waals surface area contributed by atoms with Gasteiger partial charge < -0.3 is 9.47 Å². The van der Waals surface area contributed by atoms with Gasteiger partial charge in [-0.15, -0.1) is 0 Å². The van der Waals surface area contributed by atoms with Gasteiger partial charge in [0.05, 0.1) is 18.8 Å². The highest BCUT2D eigenvalue weighted by atomic mass is 35.5. The van der Waals surface area contributed by atoms with E-state index in [1.54, 1.807) is 13.8 Å². The molecule has 1 heterocycles. The van der Waals surface area contributed by atoms with E-state index in [2.05, 4.69) is 0 Å². The van der Waals surface area contributed by atoms with E-state index in [9.17, 15) is 4.79 Å². The lowest BCUT2D eigenvalue weighted by Gasteiger charge is -2.13. The zero-order valence-electron chi connectivity index (χ0n) is 11.1. The predicted octanol–water partition coefficient (Wildman–Crippen LogP) is 3.68. The average molecular weight is 281 g/mol. The summed E-state index contributed by atoms with van der Waals surface area (Å²) in [5, 5.41) is 0.704. The minimum Gasteiger partial charge on any atom is -0.497 e. The molecule has 102 valence electrons. The quantitative estimate of drug-likeness (QED) is 0.626. The van der Waals surface area contributed by atoms with Crippen molar-refractivity contribution >= 4 is 17.6 Å². The molecule has 1 aromatic rings. The van der Waals surface area contributed by atoms with Gasteiger partial charge in [0, 0.05) is 10.9 Å². The van der Waals surface area contributed by atoms with Crippen molar-refractivity contribution in [2.45, 2.75) is 26.2 Å². The molecule has 1 aliphatic rings. The number of hydrogen-bond donors (Lipinski definition) is 0. The second kappa shape index (κ2) is 6.11. The summed E-state index contributed by atoms with van der Waals surface area (Å²) < 4.78 is 10.6. The lowest BCUT2D eigenvalue weighted by atomic mass is 9.94. The second-order valence-electron chi connectivity index (χ2n) is 4.45. The lowest BCUT2D eigenvalue weighted by Crippen LogP contribution is -2.10. The van der Waals surface area contributed by atoms with Crippen molar-refractivity contribution in [3.8, 4) is 0 Å². The van der Waals surface area contributed by atoms with Crippen LogP contribution >= 0.6 is 11.6 Å². The Labute approximate surface area is 118 Å². The van der Waals surface area contributed by atoms with Crippen LogP contribution in [-0.2, 0) is 14.3 Å². The number of ether oxygens (including phenoxy) is 2. The highest BCUT2D eigenvalue weighted by Gasteiger charge is 2.28. The normalized spacial score (nSPS) is 20.9. The number of rotatable bonds is 3. The number of hydrogen-bond acceptors (Lipinski definition) is 3. The zero-order chi connectivity index (χ0) is 13.8. The fraction of sp³-hybridized carbons (Fsp3) is 0.400. The second-order valence-corrected chi connectivity index (χ2v) is 4.89. The van der Waals surface area contributed by atoms with E-state index in [0.717, 1.165) is 17.7 Å². The molecule has 19 heavy (non-hydrogen) atoms. The summed E-state index contributed by atoms with van der Waals surface area (Å²) in [4.78, 5) is 11.8. The van der Waals surface area contributed by atoms with Gasteiger partial charge in [0.1, 0.15) is 5.76 Å². The Morgan fingerprint density at radius 1 is 1.42 bits per heavy atom. The molecule has 2 rings (SSSR count). The largest absolute Gasteiger partial charge is 0.497 e. The molecule has 1 saturated heterocycles. The first-order valence-corrected chi connectivity index (χ1v) is 6.77. The van der Waals surface area contributed by atoms with Crippen molar-refractivity contribution in [3.05, 3.63) is 46.2 Å². The maximum atomic E-state index is 11.8. The van der Waals surface area contributed by atoms with Crippen LogP contribution in [0.4, 0.5) is 0 Å². The van der Waals surface area contributed by atoms with Crippen LogP contribution in [0.2, 0.25) is 5.02 Å². The van der Waals surface area contributed by atoms with Gasteiger partial charge in [-0.2, -0.15) is 0 Å². The molecule has 0 N–H and O–H groups in total. The molecule has 0 saturated carbocycles. The third kappa shape index (κ3) is 3.10. The molecule has 3 nitrogen and oxygen atoms in total. The summed E-state index contributed by atoms with van der Waals surface area (Å²) in [6, 6.07) is 7.65. The van der Waals surface area contributed by atoms with E-state index >= 15 is 0 Å². The van der Waals surface area contributed by atoms with Crippen LogP contribution in [-0.4, -0.2) is 19.2 Å². The van der Waals surface area contributed by atoms with E-state index in [-0.39, 0.29) is 11.9 Å². The van der Waals surface area contributed by atoms with Gasteiger partial charge >= 0.3 is 5.97 Å². The van der Waals surface area contributed by atoms with E-state index in [1.807, 2.05) is 24.3 Å². The molecule has 1 aromatic carbocycles. The van der Waals surface area contributed by atoms with Crippen LogP contribution < -0.4 is 0 Å². The Kier molecular flexibility index (Phi) is 4.48. The van der Waals surface area contributed by atoms with Crippen LogP contribution in [0.25, 0.3) is 0 Å². The smallest absolute Gasteiger partial charge is 0.337 e. The van der Waals surface area contributed by atoms with Crippen LogP contribution in [0.3, 0.4) is 0 Å². The molecule has 0 amide bonds. The van der Waals surface area contributed by atoms with Gasteiger partial charge in [0.15, 0.2) is 0 Å². The summed E-state index contributed by atoms with van der Waals surface area (Å²) in [6.45, 7) is 4.54. The molecule has 1 atom stereocenters. The molecule has 0 aromatic heterocycles. The maximum absolute atomic E-state index is 11.8. The van der Waals surface area contributed by atoms with Gasteiger partial charge in [-0.3, -0.25) is 0 Å². The van der Waals surface area contributed by atoms with Crippen molar-refractivity contribution in [3.63, 3.8) is 0 Å². The van der Waals surface area contributed by atoms with E-state index in [1.165, 1.54) is 0 Å². The minimum atomic E-state index is -0.307. The molecule has 1 aliphatic heterocycles. The Hall–Kier alpha value is -1.48. The van der Waals surface area contributed by atoms with Gasteiger partial charge in [-0.05, 0) is 38.0 Å². The van der Waals surface area contributed by atoms with Crippen LogP contribution in [0.1, 0.15) is 31.7 Å². The SMILES string of the molecule is CCOC(=O)/C(C)=C1/OCCC1c1ccc(Cl)cc1. The van der Waals surface area contributed by atoms with Gasteiger partial charge in [0.2, 0.25) is 0 Å². The molecule has 0 bridgehead atoms. The van der Waals surface area contributed by atoms with Crippen molar-refractivity contribution in [1.29, 1.82) is 0 Å². The zero-order valence-corrected chi connectivity index (χ0v) is 11.9. The van der Waals surface area contributed by atoms with Gasteiger partial charge in [-0.25, -0.2) is 4.79 Å². The number of carbonyl (C=O) groups excluding carboxylic acids is 1. The van der Waals surface area contributed by atoms with E-state index < -0.39 is 0 Å². The number of allylic oxidation sites excluding steroid dienone is 1. The Morgan fingerprint density at radius 3 is 2.74 bits per heavy atom. The third-order valence-corrected chi connectivity index (χ3v) is 3.46. The highest BCUT2D eigenvalue weighted by molar-refractivity contribution is 6.30. The van der Waals surface area contributed by atoms with Crippen molar-refractivity contribution < 1.29 is 14.3 Å². The summed E-state index contributed by atoms with van der Waals surface area (Å²) in [5.74, 6) is 0.529. The topological polar surface area (TPSA) is 35.5 Å². The van der Waals surface area contributed by atoms with E-state index in [4.69, 9.17) is 21.1 Å². The third-order valence-electron chi connectivity index (χ3n) is 3.20. The molecule has 1 unspecified atom stereocenters. The average Bonchev–Trinajstić information content (AvgIpc) is 2.88. The Balaban J connectivity index is 2.28. The molecular formula is C15H17ClO3. The number of halogens is 1. The first-order valence-electron chi connectivity index (χ1n) is 6.39. The standard InChI is InChI=1S/C15H17ClO3/c1-3-18-15(17)10(2)14-13(8-9-19-14)11-4-6-12(16)7-5-11/h4-7,13H,3,8-9H2,1-2H3/b14-10+. The molecule has 0 radical (unpaired) electrons. The fourth-order valence-corrected chi connectivity index (χ4v) is 2.37. The Morgan fingerprint density at radius 2 is 2.11 bits per heavy atom. The molecule has 0 aliphatic carbocycles. The van der Waals surface area contributed by atoms with Crippen molar-refractivity contribution in [2.24, 2.45) is 0 Å². The van der Waals surface area contributed by atoms with Crippen molar-refractivity contribution in [1.82, 2.24) is 0 Å². The monoisotopic (exact) mass is 280 g/mol. The Bertz CT molecular complexity index is 491. The number of carbonyl (C=O) groups is 1. The van der Waals surface area contributed by atoms with Gasteiger partial charge in [0.25, 0.3) is 0 Å². The first-order chi connectivity index (χ1) is 9.13. The molecule has 0 spiro atoms. The number of esters is 1. The summed E-state index contributed by atoms with van der Waals surface area (Å²) in [6.07, 6.45) is 0.869. The van der Waals surface area contributed by atoms with Crippen LogP contribution in [0.5, 0.6) is 0 Å². The first kappa shape index (κ1) is 13.9. The molecular weight excluding hydrogens is 264 g/mol. The lowest BCUT2D eigenvalue weighted by molar-refractivity contribution is -0.138. The van der Waals surface area contributed by atoms with Crippen molar-refractivity contribution in [2.75, 3.05) is 13.2 Å². The highest BCUT2D eigenvalue weighted by Crippen LogP contribution is 2.36. The summed E-state index contributed by atoms with van der Waals surface area (Å²) >= 11 is 5.89. The fourth-order valence-electron chi connectivity index (χ4n) is 2.24. The van der Waals surface area contributed by atoms with Crippen LogP contribution in [0.15, 0.2) is 35.6 Å². The number of benzene rings is 1. The maximum Gasteiger partial charge on any atom is 0.337 e. The predicted molar refractivity (Wildman–Crippen MR) is 74.1 cm³/mol. The summed E-state index contributed by atoms with van der Waals surface area (Å²) in [7, 11) is 0. The summed E-state index contributed by atoms with van der Waals surface area (Å²) in [5.41, 5.74) is 1.67.